The minimum Gasteiger partial charge on any atom is -0.312 e. The van der Waals surface area contributed by atoms with Crippen molar-refractivity contribution >= 4 is 0 Å². The van der Waals surface area contributed by atoms with E-state index >= 15 is 0 Å². The molecule has 0 spiro atoms. The summed E-state index contributed by atoms with van der Waals surface area (Å²) in [6, 6.07) is 11.8. The molecule has 0 aromatic heterocycles. The fourth-order valence-electron chi connectivity index (χ4n) is 3.23. The van der Waals surface area contributed by atoms with Crippen molar-refractivity contribution in [2.45, 2.75) is 53.1 Å². The van der Waals surface area contributed by atoms with Gasteiger partial charge in [-0.2, -0.15) is 0 Å². The summed E-state index contributed by atoms with van der Waals surface area (Å²) in [6.45, 7) is 13.9. The predicted molar refractivity (Wildman–Crippen MR) is 93.6 cm³/mol. The van der Waals surface area contributed by atoms with Crippen molar-refractivity contribution in [1.82, 2.24) is 10.2 Å². The number of rotatable bonds is 9. The summed E-state index contributed by atoms with van der Waals surface area (Å²) in [5.74, 6) is 1.40. The van der Waals surface area contributed by atoms with Crippen LogP contribution in [0.5, 0.6) is 0 Å². The molecule has 2 atom stereocenters. The van der Waals surface area contributed by atoms with Crippen LogP contribution in [-0.2, 0) is 0 Å². The van der Waals surface area contributed by atoms with Crippen molar-refractivity contribution in [2.75, 3.05) is 20.1 Å². The molecule has 0 heterocycles. The van der Waals surface area contributed by atoms with Crippen molar-refractivity contribution in [3.8, 4) is 0 Å². The smallest absolute Gasteiger partial charge is 0.0475 e. The van der Waals surface area contributed by atoms with Gasteiger partial charge in [0.1, 0.15) is 0 Å². The van der Waals surface area contributed by atoms with Gasteiger partial charge in [0.05, 0.1) is 0 Å². The fourth-order valence-corrected chi connectivity index (χ4v) is 3.23. The quantitative estimate of drug-likeness (QED) is 0.728. The van der Waals surface area contributed by atoms with E-state index < -0.39 is 0 Å². The Balaban J connectivity index is 2.98. The van der Waals surface area contributed by atoms with Gasteiger partial charge in [0.15, 0.2) is 0 Å². The minimum atomic E-state index is 0.397. The second-order valence-electron chi connectivity index (χ2n) is 6.89. The molecule has 0 saturated carbocycles. The SMILES string of the molecule is CCC(C(NC)c1ccccc1)N(CC(C)C)CC(C)C. The third-order valence-corrected chi connectivity index (χ3v) is 3.94. The molecular formula is C19H34N2. The van der Waals surface area contributed by atoms with Crippen LogP contribution in [0.3, 0.4) is 0 Å². The van der Waals surface area contributed by atoms with Crippen molar-refractivity contribution in [3.63, 3.8) is 0 Å². The van der Waals surface area contributed by atoms with Gasteiger partial charge in [-0.15, -0.1) is 0 Å². The molecule has 1 N–H and O–H groups in total. The van der Waals surface area contributed by atoms with Crippen molar-refractivity contribution in [3.05, 3.63) is 35.9 Å². The van der Waals surface area contributed by atoms with E-state index in [0.29, 0.717) is 23.9 Å². The third-order valence-electron chi connectivity index (χ3n) is 3.94. The van der Waals surface area contributed by atoms with E-state index in [1.54, 1.807) is 0 Å². The highest BCUT2D eigenvalue weighted by Gasteiger charge is 2.27. The molecule has 2 heteroatoms. The highest BCUT2D eigenvalue weighted by atomic mass is 15.2. The molecule has 120 valence electrons. The average Bonchev–Trinajstić information content (AvgIpc) is 2.43. The summed E-state index contributed by atoms with van der Waals surface area (Å²) in [5.41, 5.74) is 1.39. The summed E-state index contributed by atoms with van der Waals surface area (Å²) < 4.78 is 0. The number of likely N-dealkylation sites (N-methyl/N-ethyl adjacent to an activating group) is 1. The fraction of sp³-hybridized carbons (Fsp3) is 0.684. The van der Waals surface area contributed by atoms with E-state index in [2.05, 4.69) is 82.2 Å². The lowest BCUT2D eigenvalue weighted by molar-refractivity contribution is 0.123. The van der Waals surface area contributed by atoms with Gasteiger partial charge < -0.3 is 5.32 Å². The molecule has 0 fully saturated rings. The molecule has 0 bridgehead atoms. The van der Waals surface area contributed by atoms with Gasteiger partial charge in [-0.3, -0.25) is 4.90 Å². The molecule has 0 saturated heterocycles. The minimum absolute atomic E-state index is 0.397. The van der Waals surface area contributed by atoms with Crippen LogP contribution in [0, 0.1) is 11.8 Å². The molecule has 1 aromatic rings. The highest BCUT2D eigenvalue weighted by molar-refractivity contribution is 5.20. The van der Waals surface area contributed by atoms with Crippen molar-refractivity contribution < 1.29 is 0 Å². The number of hydrogen-bond acceptors (Lipinski definition) is 2. The van der Waals surface area contributed by atoms with Crippen LogP contribution < -0.4 is 5.32 Å². The van der Waals surface area contributed by atoms with Crippen molar-refractivity contribution in [2.24, 2.45) is 11.8 Å². The molecule has 0 amide bonds. The maximum atomic E-state index is 3.55. The van der Waals surface area contributed by atoms with E-state index in [1.165, 1.54) is 25.1 Å². The summed E-state index contributed by atoms with van der Waals surface area (Å²) >= 11 is 0. The summed E-state index contributed by atoms with van der Waals surface area (Å²) in [7, 11) is 2.09. The van der Waals surface area contributed by atoms with Gasteiger partial charge in [-0.25, -0.2) is 0 Å². The summed E-state index contributed by atoms with van der Waals surface area (Å²) in [4.78, 5) is 2.68. The van der Waals surface area contributed by atoms with E-state index in [-0.39, 0.29) is 0 Å². The molecule has 0 aliphatic heterocycles. The molecule has 2 nitrogen and oxygen atoms in total. The number of benzene rings is 1. The molecule has 0 aliphatic rings. The molecular weight excluding hydrogens is 256 g/mol. The van der Waals surface area contributed by atoms with Crippen LogP contribution in [0.2, 0.25) is 0 Å². The zero-order valence-electron chi connectivity index (χ0n) is 14.8. The monoisotopic (exact) mass is 290 g/mol. The van der Waals surface area contributed by atoms with Gasteiger partial charge in [0.25, 0.3) is 0 Å². The highest BCUT2D eigenvalue weighted by Crippen LogP contribution is 2.25. The second kappa shape index (κ2) is 9.22. The Labute approximate surface area is 131 Å². The topological polar surface area (TPSA) is 15.3 Å². The molecule has 1 aromatic carbocycles. The maximum absolute atomic E-state index is 3.55. The number of hydrogen-bond donors (Lipinski definition) is 1. The summed E-state index contributed by atoms with van der Waals surface area (Å²) in [6.07, 6.45) is 1.17. The van der Waals surface area contributed by atoms with Gasteiger partial charge in [0, 0.05) is 25.2 Å². The maximum Gasteiger partial charge on any atom is 0.0475 e. The lowest BCUT2D eigenvalue weighted by atomic mass is 9.94. The van der Waals surface area contributed by atoms with E-state index in [9.17, 15) is 0 Å². The van der Waals surface area contributed by atoms with Gasteiger partial charge in [-0.05, 0) is 30.9 Å². The third kappa shape index (κ3) is 5.80. The van der Waals surface area contributed by atoms with Crippen LogP contribution in [0.1, 0.15) is 52.6 Å². The van der Waals surface area contributed by atoms with E-state index in [0.717, 1.165) is 0 Å². The van der Waals surface area contributed by atoms with Crippen LogP contribution in [0.25, 0.3) is 0 Å². The van der Waals surface area contributed by atoms with Gasteiger partial charge >= 0.3 is 0 Å². The first-order valence-electron chi connectivity index (χ1n) is 8.45. The average molecular weight is 290 g/mol. The first kappa shape index (κ1) is 18.2. The van der Waals surface area contributed by atoms with Crippen LogP contribution in [0.15, 0.2) is 30.3 Å². The molecule has 0 radical (unpaired) electrons. The number of nitrogens with zero attached hydrogens (tertiary/aromatic N) is 1. The predicted octanol–water partition coefficient (Wildman–Crippen LogP) is 4.34. The first-order valence-corrected chi connectivity index (χ1v) is 8.45. The Morgan fingerprint density at radius 2 is 1.48 bits per heavy atom. The van der Waals surface area contributed by atoms with Crippen LogP contribution >= 0.6 is 0 Å². The van der Waals surface area contributed by atoms with Crippen LogP contribution in [-0.4, -0.2) is 31.1 Å². The first-order chi connectivity index (χ1) is 9.99. The summed E-state index contributed by atoms with van der Waals surface area (Å²) in [5, 5.41) is 3.55. The van der Waals surface area contributed by atoms with Crippen LogP contribution in [0.4, 0.5) is 0 Å². The molecule has 1 rings (SSSR count). The lowest BCUT2D eigenvalue weighted by Gasteiger charge is -2.39. The Bertz CT molecular complexity index is 362. The largest absolute Gasteiger partial charge is 0.312 e. The Morgan fingerprint density at radius 3 is 1.86 bits per heavy atom. The number of nitrogens with one attached hydrogen (secondary N) is 1. The van der Waals surface area contributed by atoms with E-state index in [4.69, 9.17) is 0 Å². The molecule has 21 heavy (non-hydrogen) atoms. The van der Waals surface area contributed by atoms with Crippen molar-refractivity contribution in [1.29, 1.82) is 0 Å². The normalized spacial score (nSPS) is 14.9. The van der Waals surface area contributed by atoms with E-state index in [1.807, 2.05) is 0 Å². The van der Waals surface area contributed by atoms with Gasteiger partial charge in [0.2, 0.25) is 0 Å². The Kier molecular flexibility index (Phi) is 7.98. The standard InChI is InChI=1S/C19H34N2/c1-7-18(21(13-15(2)3)14-16(4)5)19(20-6)17-11-9-8-10-12-17/h8-12,15-16,18-20H,7,13-14H2,1-6H3. The second-order valence-corrected chi connectivity index (χ2v) is 6.89. The Hall–Kier alpha value is -0.860. The zero-order chi connectivity index (χ0) is 15.8. The zero-order valence-corrected chi connectivity index (χ0v) is 14.8. The Morgan fingerprint density at radius 1 is 0.952 bits per heavy atom. The molecule has 0 aliphatic carbocycles. The lowest BCUT2D eigenvalue weighted by Crippen LogP contribution is -2.46. The molecule has 2 unspecified atom stereocenters. The van der Waals surface area contributed by atoms with Gasteiger partial charge in [-0.1, -0.05) is 65.0 Å².